The van der Waals surface area contributed by atoms with Crippen molar-refractivity contribution in [2.45, 2.75) is 19.5 Å². The molecule has 1 aromatic carbocycles. The summed E-state index contributed by atoms with van der Waals surface area (Å²) in [5.74, 6) is 0.650. The van der Waals surface area contributed by atoms with Gasteiger partial charge in [-0.3, -0.25) is 0 Å². The van der Waals surface area contributed by atoms with E-state index < -0.39 is 17.2 Å². The van der Waals surface area contributed by atoms with Crippen LogP contribution < -0.4 is 4.74 Å². The summed E-state index contributed by atoms with van der Waals surface area (Å²) < 4.78 is 43.5. The first kappa shape index (κ1) is 15.6. The minimum absolute atomic E-state index is 0.115. The van der Waals surface area contributed by atoms with Crippen molar-refractivity contribution in [1.29, 1.82) is 0 Å². The topological polar surface area (TPSA) is 35.0 Å². The molecule has 2 aromatic rings. The highest BCUT2D eigenvalue weighted by Gasteiger charge is 2.33. The zero-order chi connectivity index (χ0) is 15.5. The minimum Gasteiger partial charge on any atom is -0.494 e. The Morgan fingerprint density at radius 2 is 1.81 bits per heavy atom. The van der Waals surface area contributed by atoms with E-state index in [0.29, 0.717) is 17.9 Å². The van der Waals surface area contributed by atoms with Crippen molar-refractivity contribution < 1.29 is 17.9 Å². The number of benzene rings is 1. The largest absolute Gasteiger partial charge is 0.494 e. The van der Waals surface area contributed by atoms with Crippen molar-refractivity contribution in [3.05, 3.63) is 41.3 Å². The summed E-state index contributed by atoms with van der Waals surface area (Å²) in [6.07, 6.45) is -3.69. The smallest absolute Gasteiger partial charge is 0.433 e. The van der Waals surface area contributed by atoms with Crippen molar-refractivity contribution in [3.63, 3.8) is 0 Å². The van der Waals surface area contributed by atoms with Gasteiger partial charge in [-0.25, -0.2) is 9.97 Å². The Labute approximate surface area is 124 Å². The van der Waals surface area contributed by atoms with Gasteiger partial charge in [-0.2, -0.15) is 13.2 Å². The average molecular weight is 317 g/mol. The molecule has 0 saturated heterocycles. The van der Waals surface area contributed by atoms with Crippen LogP contribution in [0.5, 0.6) is 5.75 Å². The fourth-order valence-electron chi connectivity index (χ4n) is 1.65. The molecule has 0 N–H and O–H groups in total. The predicted molar refractivity (Wildman–Crippen MR) is 73.3 cm³/mol. The van der Waals surface area contributed by atoms with E-state index in [4.69, 9.17) is 16.3 Å². The molecule has 0 bridgehead atoms. The highest BCUT2D eigenvalue weighted by atomic mass is 35.5. The van der Waals surface area contributed by atoms with Crippen LogP contribution in [-0.4, -0.2) is 16.6 Å². The first-order valence-corrected chi connectivity index (χ1v) is 6.63. The molecule has 1 heterocycles. The molecule has 112 valence electrons. The van der Waals surface area contributed by atoms with Gasteiger partial charge in [0.15, 0.2) is 0 Å². The summed E-state index contributed by atoms with van der Waals surface area (Å²) in [5.41, 5.74) is -0.443. The molecule has 0 spiro atoms. The second-order valence-corrected chi connectivity index (χ2v) is 4.62. The third kappa shape index (κ3) is 4.07. The van der Waals surface area contributed by atoms with E-state index in [9.17, 15) is 13.2 Å². The molecule has 21 heavy (non-hydrogen) atoms. The highest BCUT2D eigenvalue weighted by Crippen LogP contribution is 2.31. The van der Waals surface area contributed by atoms with Gasteiger partial charge in [-0.05, 0) is 48.4 Å². The fourth-order valence-corrected chi connectivity index (χ4v) is 1.83. The summed E-state index contributed by atoms with van der Waals surface area (Å²) in [6, 6.07) is 7.48. The number of hydrogen-bond acceptors (Lipinski definition) is 3. The molecule has 0 aliphatic carbocycles. The van der Waals surface area contributed by atoms with Crippen molar-refractivity contribution in [3.8, 4) is 17.0 Å². The van der Waals surface area contributed by atoms with Crippen molar-refractivity contribution in [1.82, 2.24) is 9.97 Å². The maximum atomic E-state index is 12.7. The molecular formula is C14H12ClF3N2O. The zero-order valence-corrected chi connectivity index (χ0v) is 11.9. The fraction of sp³-hybridized carbons (Fsp3) is 0.286. The van der Waals surface area contributed by atoms with Crippen molar-refractivity contribution >= 4 is 11.6 Å². The van der Waals surface area contributed by atoms with Crippen LogP contribution in [0, 0.1) is 0 Å². The summed E-state index contributed by atoms with van der Waals surface area (Å²) in [6.45, 7) is 2.56. The van der Waals surface area contributed by atoms with E-state index >= 15 is 0 Å². The Bertz CT molecular complexity index is 615. The van der Waals surface area contributed by atoms with Crippen LogP contribution in [0.2, 0.25) is 5.28 Å². The van der Waals surface area contributed by atoms with Gasteiger partial charge in [0.05, 0.1) is 12.3 Å². The number of rotatable bonds is 4. The van der Waals surface area contributed by atoms with Gasteiger partial charge in [-0.1, -0.05) is 6.92 Å². The summed E-state index contributed by atoms with van der Waals surface area (Å²) in [5, 5.41) is -0.439. The molecule has 0 saturated carbocycles. The summed E-state index contributed by atoms with van der Waals surface area (Å²) >= 11 is 5.56. The first-order valence-electron chi connectivity index (χ1n) is 6.25. The third-order valence-corrected chi connectivity index (χ3v) is 2.78. The number of alkyl halides is 3. The first-order chi connectivity index (χ1) is 9.90. The van der Waals surface area contributed by atoms with Gasteiger partial charge in [0, 0.05) is 5.56 Å². The van der Waals surface area contributed by atoms with Gasteiger partial charge < -0.3 is 4.74 Å². The lowest BCUT2D eigenvalue weighted by Gasteiger charge is -2.09. The molecule has 0 atom stereocenters. The number of hydrogen-bond donors (Lipinski definition) is 0. The lowest BCUT2D eigenvalue weighted by Crippen LogP contribution is -2.09. The maximum Gasteiger partial charge on any atom is 0.433 e. The van der Waals surface area contributed by atoms with Crippen LogP contribution in [0.25, 0.3) is 11.3 Å². The predicted octanol–water partition coefficient (Wildman–Crippen LogP) is 4.60. The third-order valence-electron chi connectivity index (χ3n) is 2.61. The second kappa shape index (κ2) is 6.30. The van der Waals surface area contributed by atoms with Gasteiger partial charge in [0.1, 0.15) is 11.4 Å². The molecule has 0 fully saturated rings. The molecule has 0 aliphatic rings. The van der Waals surface area contributed by atoms with Crippen LogP contribution in [0.15, 0.2) is 30.3 Å². The molecule has 2 rings (SSSR count). The summed E-state index contributed by atoms with van der Waals surface area (Å²) in [7, 11) is 0. The monoisotopic (exact) mass is 316 g/mol. The number of halogens is 4. The Morgan fingerprint density at radius 3 is 2.38 bits per heavy atom. The number of aromatic nitrogens is 2. The van der Waals surface area contributed by atoms with E-state index in [-0.39, 0.29) is 5.69 Å². The SMILES string of the molecule is CCCOc1ccc(-c2cc(C(F)(F)F)nc(Cl)n2)cc1. The van der Waals surface area contributed by atoms with E-state index in [1.54, 1.807) is 24.3 Å². The Morgan fingerprint density at radius 1 is 1.14 bits per heavy atom. The Balaban J connectivity index is 2.31. The lowest BCUT2D eigenvalue weighted by atomic mass is 10.1. The molecule has 0 amide bonds. The zero-order valence-electron chi connectivity index (χ0n) is 11.1. The standard InChI is InChI=1S/C14H12ClF3N2O/c1-2-7-21-10-5-3-9(4-6-10)11-8-12(14(16,17)18)20-13(15)19-11/h3-6,8H,2,7H2,1H3. The van der Waals surface area contributed by atoms with E-state index in [0.717, 1.165) is 12.5 Å². The van der Waals surface area contributed by atoms with Gasteiger partial charge in [0.2, 0.25) is 5.28 Å². The van der Waals surface area contributed by atoms with E-state index in [2.05, 4.69) is 9.97 Å². The Kier molecular flexibility index (Phi) is 4.67. The molecule has 0 unspecified atom stereocenters. The molecule has 0 aliphatic heterocycles. The van der Waals surface area contributed by atoms with Gasteiger partial charge in [0.25, 0.3) is 0 Å². The average Bonchev–Trinajstić information content (AvgIpc) is 2.44. The van der Waals surface area contributed by atoms with Crippen LogP contribution in [0.3, 0.4) is 0 Å². The summed E-state index contributed by atoms with van der Waals surface area (Å²) in [4.78, 5) is 7.02. The lowest BCUT2D eigenvalue weighted by molar-refractivity contribution is -0.141. The van der Waals surface area contributed by atoms with Crippen LogP contribution in [0.1, 0.15) is 19.0 Å². The molecular weight excluding hydrogens is 305 g/mol. The Hall–Kier alpha value is -1.82. The van der Waals surface area contributed by atoms with Crippen molar-refractivity contribution in [2.75, 3.05) is 6.61 Å². The van der Waals surface area contributed by atoms with Crippen LogP contribution in [-0.2, 0) is 6.18 Å². The van der Waals surface area contributed by atoms with Gasteiger partial charge >= 0.3 is 6.18 Å². The van der Waals surface area contributed by atoms with E-state index in [1.807, 2.05) is 6.92 Å². The van der Waals surface area contributed by atoms with Crippen LogP contribution >= 0.6 is 11.6 Å². The maximum absolute atomic E-state index is 12.7. The molecule has 3 nitrogen and oxygen atoms in total. The molecule has 7 heteroatoms. The minimum atomic E-state index is -4.56. The van der Waals surface area contributed by atoms with Crippen LogP contribution in [0.4, 0.5) is 13.2 Å². The quantitative estimate of drug-likeness (QED) is 0.773. The van der Waals surface area contributed by atoms with Gasteiger partial charge in [-0.15, -0.1) is 0 Å². The second-order valence-electron chi connectivity index (χ2n) is 4.28. The highest BCUT2D eigenvalue weighted by molar-refractivity contribution is 6.28. The molecule has 1 aromatic heterocycles. The number of ether oxygens (including phenoxy) is 1. The molecule has 0 radical (unpaired) electrons. The normalized spacial score (nSPS) is 11.5. The van der Waals surface area contributed by atoms with Crippen molar-refractivity contribution in [2.24, 2.45) is 0 Å². The number of nitrogens with zero attached hydrogens (tertiary/aromatic N) is 2. The van der Waals surface area contributed by atoms with E-state index in [1.165, 1.54) is 0 Å².